The molecule has 0 saturated carbocycles. The lowest BCUT2D eigenvalue weighted by molar-refractivity contribution is 0.628. The van der Waals surface area contributed by atoms with Gasteiger partial charge in [-0.05, 0) is 40.7 Å². The van der Waals surface area contributed by atoms with Crippen LogP contribution in [0, 0.1) is 5.82 Å². The predicted molar refractivity (Wildman–Crippen MR) is 73.0 cm³/mol. The summed E-state index contributed by atoms with van der Waals surface area (Å²) in [5.74, 6) is -0.423. The first-order valence-corrected chi connectivity index (χ1v) is 6.91. The monoisotopic (exact) mass is 334 g/mol. The van der Waals surface area contributed by atoms with Gasteiger partial charge in [0.05, 0.1) is 14.5 Å². The molecule has 2 aromatic rings. The van der Waals surface area contributed by atoms with Crippen molar-refractivity contribution >= 4 is 38.9 Å². The van der Waals surface area contributed by atoms with Crippen molar-refractivity contribution in [2.45, 2.75) is 6.42 Å². The van der Waals surface area contributed by atoms with E-state index in [4.69, 9.17) is 17.3 Å². The lowest BCUT2D eigenvalue weighted by Crippen LogP contribution is -2.03. The molecule has 0 aliphatic rings. The predicted octanol–water partition coefficient (Wildman–Crippen LogP) is 3.87. The van der Waals surface area contributed by atoms with Crippen LogP contribution < -0.4 is 5.73 Å². The van der Waals surface area contributed by atoms with Crippen molar-refractivity contribution in [2.75, 3.05) is 6.54 Å². The Balaban J connectivity index is 2.39. The normalized spacial score (nSPS) is 10.8. The van der Waals surface area contributed by atoms with Crippen molar-refractivity contribution in [1.29, 1.82) is 0 Å². The molecule has 1 aromatic heterocycles. The van der Waals surface area contributed by atoms with Gasteiger partial charge < -0.3 is 5.73 Å². The summed E-state index contributed by atoms with van der Waals surface area (Å²) in [7, 11) is 0. The number of halogens is 3. The number of hydrogen-bond acceptors (Lipinski definition) is 3. The maximum absolute atomic E-state index is 13.0. The Bertz CT molecular complexity index is 544. The van der Waals surface area contributed by atoms with Crippen LogP contribution in [0.15, 0.2) is 22.0 Å². The van der Waals surface area contributed by atoms with Crippen LogP contribution in [0.5, 0.6) is 0 Å². The van der Waals surface area contributed by atoms with Gasteiger partial charge in [-0.3, -0.25) is 0 Å². The van der Waals surface area contributed by atoms with E-state index in [1.807, 2.05) is 0 Å². The maximum Gasteiger partial charge on any atom is 0.141 e. The Labute approximate surface area is 116 Å². The highest BCUT2D eigenvalue weighted by Gasteiger charge is 2.11. The molecule has 6 heteroatoms. The van der Waals surface area contributed by atoms with Crippen molar-refractivity contribution in [3.05, 3.63) is 38.5 Å². The minimum absolute atomic E-state index is 0.106. The van der Waals surface area contributed by atoms with E-state index in [0.717, 1.165) is 20.1 Å². The molecule has 1 heterocycles. The molecule has 0 spiro atoms. The SMILES string of the molecule is NCCc1nc(-c2ccc(F)c(Cl)c2)sc1Br. The number of rotatable bonds is 3. The zero-order valence-corrected chi connectivity index (χ0v) is 11.9. The fraction of sp³-hybridized carbons (Fsp3) is 0.182. The van der Waals surface area contributed by atoms with Gasteiger partial charge in [-0.25, -0.2) is 9.37 Å². The number of nitrogens with zero attached hydrogens (tertiary/aromatic N) is 1. The third-order valence-electron chi connectivity index (χ3n) is 2.20. The largest absolute Gasteiger partial charge is 0.330 e. The number of hydrogen-bond donors (Lipinski definition) is 1. The first kappa shape index (κ1) is 13.0. The zero-order chi connectivity index (χ0) is 12.4. The van der Waals surface area contributed by atoms with Crippen LogP contribution in [0.25, 0.3) is 10.6 Å². The smallest absolute Gasteiger partial charge is 0.141 e. The average molecular weight is 336 g/mol. The molecule has 17 heavy (non-hydrogen) atoms. The topological polar surface area (TPSA) is 38.9 Å². The Kier molecular flexibility index (Phi) is 4.14. The molecular formula is C11H9BrClFN2S. The zero-order valence-electron chi connectivity index (χ0n) is 8.71. The molecule has 0 amide bonds. The summed E-state index contributed by atoms with van der Waals surface area (Å²) in [5.41, 5.74) is 7.23. The van der Waals surface area contributed by atoms with Crippen molar-refractivity contribution in [3.63, 3.8) is 0 Å². The quantitative estimate of drug-likeness (QED) is 0.925. The van der Waals surface area contributed by atoms with E-state index < -0.39 is 5.82 Å². The van der Waals surface area contributed by atoms with Crippen molar-refractivity contribution < 1.29 is 4.39 Å². The van der Waals surface area contributed by atoms with Gasteiger partial charge in [0.15, 0.2) is 0 Å². The molecular weight excluding hydrogens is 327 g/mol. The molecule has 0 fully saturated rings. The van der Waals surface area contributed by atoms with Gasteiger partial charge in [0.25, 0.3) is 0 Å². The standard InChI is InChI=1S/C11H9BrClFN2S/c12-10-9(3-4-15)16-11(17-10)6-1-2-8(14)7(13)5-6/h1-2,5H,3-4,15H2. The molecule has 90 valence electrons. The van der Waals surface area contributed by atoms with Crippen LogP contribution in [0.1, 0.15) is 5.69 Å². The third kappa shape index (κ3) is 2.85. The van der Waals surface area contributed by atoms with Crippen molar-refractivity contribution in [1.82, 2.24) is 4.98 Å². The van der Waals surface area contributed by atoms with Gasteiger partial charge in [0, 0.05) is 12.0 Å². The molecule has 0 radical (unpaired) electrons. The van der Waals surface area contributed by atoms with E-state index in [2.05, 4.69) is 20.9 Å². The molecule has 0 saturated heterocycles. The molecule has 0 aliphatic carbocycles. The highest BCUT2D eigenvalue weighted by atomic mass is 79.9. The fourth-order valence-electron chi connectivity index (χ4n) is 1.38. The second-order valence-electron chi connectivity index (χ2n) is 3.41. The summed E-state index contributed by atoms with van der Waals surface area (Å²) in [6, 6.07) is 4.59. The molecule has 2 rings (SSSR count). The Morgan fingerprint density at radius 1 is 1.47 bits per heavy atom. The minimum atomic E-state index is -0.423. The highest BCUT2D eigenvalue weighted by molar-refractivity contribution is 9.11. The third-order valence-corrected chi connectivity index (χ3v) is 4.37. The van der Waals surface area contributed by atoms with Gasteiger partial charge in [-0.1, -0.05) is 11.6 Å². The van der Waals surface area contributed by atoms with Crippen LogP contribution in [-0.4, -0.2) is 11.5 Å². The summed E-state index contributed by atoms with van der Waals surface area (Å²) in [5, 5.41) is 0.913. The van der Waals surface area contributed by atoms with E-state index >= 15 is 0 Å². The second-order valence-corrected chi connectivity index (χ2v) is 6.13. The lowest BCUT2D eigenvalue weighted by Gasteiger charge is -1.98. The summed E-state index contributed by atoms with van der Waals surface area (Å²) < 4.78 is 14.0. The number of aromatic nitrogens is 1. The van der Waals surface area contributed by atoms with Gasteiger partial charge in [-0.15, -0.1) is 11.3 Å². The molecule has 0 bridgehead atoms. The minimum Gasteiger partial charge on any atom is -0.330 e. The summed E-state index contributed by atoms with van der Waals surface area (Å²) in [6.07, 6.45) is 0.714. The summed E-state index contributed by atoms with van der Waals surface area (Å²) >= 11 is 10.7. The van der Waals surface area contributed by atoms with Crippen LogP contribution in [0.4, 0.5) is 4.39 Å². The maximum atomic E-state index is 13.0. The van der Waals surface area contributed by atoms with Crippen molar-refractivity contribution in [2.24, 2.45) is 5.73 Å². The van der Waals surface area contributed by atoms with Crippen LogP contribution >= 0.6 is 38.9 Å². The number of benzene rings is 1. The van der Waals surface area contributed by atoms with E-state index in [1.165, 1.54) is 17.4 Å². The van der Waals surface area contributed by atoms with Gasteiger partial charge in [0.2, 0.25) is 0 Å². The molecule has 0 atom stereocenters. The summed E-state index contributed by atoms with van der Waals surface area (Å²) in [4.78, 5) is 4.45. The highest BCUT2D eigenvalue weighted by Crippen LogP contribution is 2.33. The number of nitrogens with two attached hydrogens (primary N) is 1. The van der Waals surface area contributed by atoms with Crippen molar-refractivity contribution in [3.8, 4) is 10.6 Å². The lowest BCUT2D eigenvalue weighted by atomic mass is 10.2. The van der Waals surface area contributed by atoms with Crippen LogP contribution in [-0.2, 0) is 6.42 Å². The average Bonchev–Trinajstić information content (AvgIpc) is 2.65. The first-order chi connectivity index (χ1) is 8.11. The molecule has 2 nitrogen and oxygen atoms in total. The summed E-state index contributed by atoms with van der Waals surface area (Å²) in [6.45, 7) is 0.548. The van der Waals surface area contributed by atoms with E-state index in [-0.39, 0.29) is 5.02 Å². The Hall–Kier alpha value is -0.490. The molecule has 0 aliphatic heterocycles. The van der Waals surface area contributed by atoms with E-state index in [0.29, 0.717) is 13.0 Å². The Morgan fingerprint density at radius 3 is 2.88 bits per heavy atom. The first-order valence-electron chi connectivity index (χ1n) is 4.92. The van der Waals surface area contributed by atoms with E-state index in [9.17, 15) is 4.39 Å². The van der Waals surface area contributed by atoms with Crippen LogP contribution in [0.2, 0.25) is 5.02 Å². The molecule has 2 N–H and O–H groups in total. The van der Waals surface area contributed by atoms with Gasteiger partial charge in [-0.2, -0.15) is 0 Å². The second kappa shape index (κ2) is 5.44. The van der Waals surface area contributed by atoms with Gasteiger partial charge in [0.1, 0.15) is 10.8 Å². The van der Waals surface area contributed by atoms with E-state index in [1.54, 1.807) is 12.1 Å². The van der Waals surface area contributed by atoms with Crippen LogP contribution in [0.3, 0.4) is 0 Å². The van der Waals surface area contributed by atoms with Gasteiger partial charge >= 0.3 is 0 Å². The molecule has 0 unspecified atom stereocenters. The molecule has 1 aromatic carbocycles. The fourth-order valence-corrected chi connectivity index (χ4v) is 3.14. The number of thiazole rings is 1. The Morgan fingerprint density at radius 2 is 2.24 bits per heavy atom.